The second-order valence-electron chi connectivity index (χ2n) is 6.01. The number of carbonyl (C=O) groups excluding carboxylic acids is 1. The molecular formula is C18H21ClN2O4S. The van der Waals surface area contributed by atoms with E-state index in [4.69, 9.17) is 16.3 Å². The van der Waals surface area contributed by atoms with Gasteiger partial charge in [-0.25, -0.2) is 13.1 Å². The average Bonchev–Trinajstić information content (AvgIpc) is 2.54. The Balaban J connectivity index is 2.00. The molecule has 2 aromatic rings. The third kappa shape index (κ3) is 5.72. The van der Waals surface area contributed by atoms with E-state index in [1.807, 2.05) is 0 Å². The summed E-state index contributed by atoms with van der Waals surface area (Å²) in [6.07, 6.45) is -0.750. The molecule has 2 rings (SSSR count). The van der Waals surface area contributed by atoms with Crippen LogP contribution >= 0.6 is 11.6 Å². The maximum absolute atomic E-state index is 12.2. The molecule has 6 nitrogen and oxygen atoms in total. The highest BCUT2D eigenvalue weighted by atomic mass is 35.5. The first kappa shape index (κ1) is 20.2. The predicted molar refractivity (Wildman–Crippen MR) is 102 cm³/mol. The molecule has 26 heavy (non-hydrogen) atoms. The summed E-state index contributed by atoms with van der Waals surface area (Å²) < 4.78 is 32.2. The van der Waals surface area contributed by atoms with E-state index in [0.717, 1.165) is 0 Å². The highest BCUT2D eigenvalue weighted by Gasteiger charge is 2.17. The minimum atomic E-state index is -3.57. The van der Waals surface area contributed by atoms with Gasteiger partial charge >= 0.3 is 0 Å². The summed E-state index contributed by atoms with van der Waals surface area (Å²) in [4.78, 5) is 12.4. The van der Waals surface area contributed by atoms with E-state index in [1.165, 1.54) is 24.3 Å². The second kappa shape index (κ2) is 8.53. The normalized spacial score (nSPS) is 12.7. The number of hydrogen-bond donors (Lipinski definition) is 2. The van der Waals surface area contributed by atoms with Gasteiger partial charge in [-0.1, -0.05) is 17.7 Å². The second-order valence-corrected chi connectivity index (χ2v) is 8.16. The lowest BCUT2D eigenvalue weighted by molar-refractivity contribution is -0.122. The van der Waals surface area contributed by atoms with Gasteiger partial charge in [0.2, 0.25) is 10.0 Å². The molecule has 2 N–H and O–H groups in total. The quantitative estimate of drug-likeness (QED) is 0.750. The molecule has 1 amide bonds. The van der Waals surface area contributed by atoms with Crippen LogP contribution in [0.4, 0.5) is 5.69 Å². The van der Waals surface area contributed by atoms with E-state index < -0.39 is 16.1 Å². The summed E-state index contributed by atoms with van der Waals surface area (Å²) in [6.45, 7) is 5.10. The van der Waals surface area contributed by atoms with Crippen molar-refractivity contribution in [1.82, 2.24) is 4.72 Å². The number of ether oxygens (including phenoxy) is 1. The van der Waals surface area contributed by atoms with E-state index in [1.54, 1.807) is 45.0 Å². The molecule has 0 radical (unpaired) electrons. The predicted octanol–water partition coefficient (Wildman–Crippen LogP) is 3.43. The van der Waals surface area contributed by atoms with E-state index in [-0.39, 0.29) is 16.8 Å². The number of rotatable bonds is 7. The van der Waals surface area contributed by atoms with Crippen molar-refractivity contribution >= 4 is 33.2 Å². The first-order valence-corrected chi connectivity index (χ1v) is 9.89. The van der Waals surface area contributed by atoms with Crippen molar-refractivity contribution in [3.63, 3.8) is 0 Å². The van der Waals surface area contributed by atoms with Crippen LogP contribution in [-0.2, 0) is 14.8 Å². The van der Waals surface area contributed by atoms with Gasteiger partial charge in [-0.05, 0) is 63.2 Å². The van der Waals surface area contributed by atoms with Crippen molar-refractivity contribution in [1.29, 1.82) is 0 Å². The third-order valence-electron chi connectivity index (χ3n) is 3.30. The van der Waals surface area contributed by atoms with Crippen LogP contribution in [0.3, 0.4) is 0 Å². The van der Waals surface area contributed by atoms with Gasteiger partial charge in [-0.15, -0.1) is 0 Å². The van der Waals surface area contributed by atoms with Crippen molar-refractivity contribution in [2.45, 2.75) is 37.8 Å². The Morgan fingerprint density at radius 1 is 1.08 bits per heavy atom. The first-order chi connectivity index (χ1) is 12.2. The van der Waals surface area contributed by atoms with Gasteiger partial charge in [0, 0.05) is 16.8 Å². The summed E-state index contributed by atoms with van der Waals surface area (Å²) >= 11 is 5.89. The molecule has 1 unspecified atom stereocenters. The Morgan fingerprint density at radius 3 is 2.31 bits per heavy atom. The lowest BCUT2D eigenvalue weighted by Crippen LogP contribution is -2.31. The molecule has 0 heterocycles. The Morgan fingerprint density at radius 2 is 1.73 bits per heavy atom. The Hall–Kier alpha value is -2.09. The molecule has 0 fully saturated rings. The van der Waals surface area contributed by atoms with Crippen LogP contribution in [0.25, 0.3) is 0 Å². The molecular weight excluding hydrogens is 376 g/mol. The number of anilines is 1. The molecule has 0 aliphatic heterocycles. The molecule has 2 aromatic carbocycles. The largest absolute Gasteiger partial charge is 0.481 e. The average molecular weight is 397 g/mol. The Labute approximate surface area is 158 Å². The number of halogens is 1. The zero-order valence-corrected chi connectivity index (χ0v) is 16.3. The number of hydrogen-bond acceptors (Lipinski definition) is 4. The van der Waals surface area contributed by atoms with Gasteiger partial charge in [0.05, 0.1) is 4.90 Å². The van der Waals surface area contributed by atoms with Gasteiger partial charge in [0.15, 0.2) is 6.10 Å². The summed E-state index contributed by atoms with van der Waals surface area (Å²) in [5, 5.41) is 3.20. The van der Waals surface area contributed by atoms with Crippen LogP contribution in [0.2, 0.25) is 5.02 Å². The molecule has 0 bridgehead atoms. The highest BCUT2D eigenvalue weighted by molar-refractivity contribution is 7.89. The highest BCUT2D eigenvalue weighted by Crippen LogP contribution is 2.19. The van der Waals surface area contributed by atoms with Crippen LogP contribution in [0.15, 0.2) is 53.4 Å². The number of sulfonamides is 1. The topological polar surface area (TPSA) is 84.5 Å². The van der Waals surface area contributed by atoms with Crippen LogP contribution in [0.5, 0.6) is 5.75 Å². The fourth-order valence-corrected chi connectivity index (χ4v) is 3.57. The number of carbonyl (C=O) groups is 1. The SMILES string of the molecule is CC(C)NS(=O)(=O)c1ccc(NC(=O)C(C)Oc2cccc(Cl)c2)cc1. The van der Waals surface area contributed by atoms with Crippen molar-refractivity contribution < 1.29 is 17.9 Å². The van der Waals surface area contributed by atoms with E-state index in [9.17, 15) is 13.2 Å². The molecule has 0 spiro atoms. The summed E-state index contributed by atoms with van der Waals surface area (Å²) in [7, 11) is -3.57. The molecule has 0 aliphatic rings. The zero-order chi connectivity index (χ0) is 19.3. The van der Waals surface area contributed by atoms with Crippen LogP contribution in [0, 0.1) is 0 Å². The fourth-order valence-electron chi connectivity index (χ4n) is 2.14. The minimum Gasteiger partial charge on any atom is -0.481 e. The third-order valence-corrected chi connectivity index (χ3v) is 5.21. The van der Waals surface area contributed by atoms with Crippen molar-refractivity contribution in [2.75, 3.05) is 5.32 Å². The van der Waals surface area contributed by atoms with Crippen LogP contribution in [-0.4, -0.2) is 26.5 Å². The van der Waals surface area contributed by atoms with Crippen molar-refractivity contribution in [3.05, 3.63) is 53.6 Å². The summed E-state index contributed by atoms with van der Waals surface area (Å²) in [5.41, 5.74) is 0.472. The Bertz CT molecular complexity index is 867. The van der Waals surface area contributed by atoms with E-state index in [2.05, 4.69) is 10.0 Å². The maximum atomic E-state index is 12.2. The van der Waals surface area contributed by atoms with Crippen molar-refractivity contribution in [2.24, 2.45) is 0 Å². The lowest BCUT2D eigenvalue weighted by atomic mass is 10.3. The van der Waals surface area contributed by atoms with Crippen LogP contribution < -0.4 is 14.8 Å². The molecule has 0 saturated heterocycles. The van der Waals surface area contributed by atoms with E-state index >= 15 is 0 Å². The molecule has 0 aromatic heterocycles. The number of amides is 1. The molecule has 0 saturated carbocycles. The number of benzene rings is 2. The minimum absolute atomic E-state index is 0.132. The maximum Gasteiger partial charge on any atom is 0.265 e. The molecule has 1 atom stereocenters. The van der Waals surface area contributed by atoms with Gasteiger partial charge in [-0.3, -0.25) is 4.79 Å². The van der Waals surface area contributed by atoms with Crippen molar-refractivity contribution in [3.8, 4) is 5.75 Å². The zero-order valence-electron chi connectivity index (χ0n) is 14.7. The molecule has 8 heteroatoms. The lowest BCUT2D eigenvalue weighted by Gasteiger charge is -2.15. The monoisotopic (exact) mass is 396 g/mol. The van der Waals surface area contributed by atoms with Gasteiger partial charge in [0.25, 0.3) is 5.91 Å². The summed E-state index contributed by atoms with van der Waals surface area (Å²) in [6, 6.07) is 12.5. The fraction of sp³-hybridized carbons (Fsp3) is 0.278. The standard InChI is InChI=1S/C18H21ClN2O4S/c1-12(2)21-26(23,24)17-9-7-15(8-10-17)20-18(22)13(3)25-16-6-4-5-14(19)11-16/h4-13,21H,1-3H3,(H,20,22). The van der Waals surface area contributed by atoms with Gasteiger partial charge in [-0.2, -0.15) is 0 Å². The van der Waals surface area contributed by atoms with E-state index in [0.29, 0.717) is 16.5 Å². The molecule has 140 valence electrons. The summed E-state index contributed by atoms with van der Waals surface area (Å²) in [5.74, 6) is 0.127. The van der Waals surface area contributed by atoms with Crippen LogP contribution in [0.1, 0.15) is 20.8 Å². The first-order valence-electron chi connectivity index (χ1n) is 8.03. The van der Waals surface area contributed by atoms with Gasteiger partial charge in [0.1, 0.15) is 5.75 Å². The Kier molecular flexibility index (Phi) is 6.63. The number of nitrogens with one attached hydrogen (secondary N) is 2. The smallest absolute Gasteiger partial charge is 0.265 e. The van der Waals surface area contributed by atoms with Gasteiger partial charge < -0.3 is 10.1 Å². The molecule has 0 aliphatic carbocycles.